The standard InChI is InChI=1S/C28H32O6/c29-28-24-12-7-13-25(28)19-32-21-27(23-10-5-2-6-11-23)34-17-15-30-14-16-33-26(20-31-18-24)22-8-3-1-4-9-22/h1-13,26-27,29H,14-21H2/t26-,27-/m1/s1. The van der Waals surface area contributed by atoms with Gasteiger partial charge in [-0.15, -0.1) is 0 Å². The van der Waals surface area contributed by atoms with Crippen molar-refractivity contribution in [3.05, 3.63) is 101 Å². The molecule has 0 fully saturated rings. The number of aromatic hydroxyl groups is 1. The van der Waals surface area contributed by atoms with Gasteiger partial charge in [0.2, 0.25) is 0 Å². The summed E-state index contributed by atoms with van der Waals surface area (Å²) in [7, 11) is 0. The Morgan fingerprint density at radius 2 is 1.00 bits per heavy atom. The summed E-state index contributed by atoms with van der Waals surface area (Å²) in [6.07, 6.45) is -0.452. The molecule has 6 nitrogen and oxygen atoms in total. The molecule has 0 radical (unpaired) electrons. The van der Waals surface area contributed by atoms with Gasteiger partial charge in [-0.25, -0.2) is 0 Å². The molecule has 6 heteroatoms. The molecule has 3 aromatic carbocycles. The zero-order valence-electron chi connectivity index (χ0n) is 19.3. The molecular formula is C28H32O6. The highest BCUT2D eigenvalue weighted by atomic mass is 16.6. The van der Waals surface area contributed by atoms with Crippen LogP contribution in [0, 0.1) is 0 Å². The van der Waals surface area contributed by atoms with Gasteiger partial charge in [0.05, 0.1) is 52.9 Å². The van der Waals surface area contributed by atoms with Crippen LogP contribution in [0.15, 0.2) is 78.9 Å². The molecule has 0 amide bonds. The highest BCUT2D eigenvalue weighted by molar-refractivity contribution is 5.39. The van der Waals surface area contributed by atoms with Crippen LogP contribution >= 0.6 is 0 Å². The zero-order valence-corrected chi connectivity index (χ0v) is 19.3. The number of ether oxygens (including phenoxy) is 5. The van der Waals surface area contributed by atoms with Gasteiger partial charge in [-0.05, 0) is 11.1 Å². The van der Waals surface area contributed by atoms with Crippen molar-refractivity contribution in [1.82, 2.24) is 0 Å². The van der Waals surface area contributed by atoms with Crippen LogP contribution < -0.4 is 0 Å². The summed E-state index contributed by atoms with van der Waals surface area (Å²) in [6.45, 7) is 3.09. The summed E-state index contributed by atoms with van der Waals surface area (Å²) in [5, 5.41) is 10.8. The molecule has 0 saturated heterocycles. The molecule has 34 heavy (non-hydrogen) atoms. The average molecular weight is 465 g/mol. The Kier molecular flexibility index (Phi) is 9.49. The van der Waals surface area contributed by atoms with Gasteiger partial charge in [-0.3, -0.25) is 0 Å². The molecule has 1 N–H and O–H groups in total. The first kappa shape index (κ1) is 24.4. The summed E-state index contributed by atoms with van der Waals surface area (Å²) in [6, 6.07) is 25.6. The maximum Gasteiger partial charge on any atom is 0.126 e. The molecular weight excluding hydrogens is 432 g/mol. The van der Waals surface area contributed by atoms with Crippen molar-refractivity contribution in [1.29, 1.82) is 0 Å². The Hall–Kier alpha value is -2.74. The fraction of sp³-hybridized carbons (Fsp3) is 0.357. The fourth-order valence-corrected chi connectivity index (χ4v) is 3.85. The number of phenols is 1. The normalized spacial score (nSPS) is 21.3. The number of benzene rings is 3. The molecule has 4 rings (SSSR count). The van der Waals surface area contributed by atoms with E-state index in [1.54, 1.807) is 0 Å². The van der Waals surface area contributed by atoms with Crippen molar-refractivity contribution in [2.24, 2.45) is 0 Å². The van der Waals surface area contributed by atoms with E-state index >= 15 is 0 Å². The third-order valence-corrected chi connectivity index (χ3v) is 5.69. The smallest absolute Gasteiger partial charge is 0.126 e. The minimum Gasteiger partial charge on any atom is -0.507 e. The molecule has 0 aliphatic carbocycles. The van der Waals surface area contributed by atoms with Gasteiger partial charge in [-0.2, -0.15) is 0 Å². The van der Waals surface area contributed by atoms with Gasteiger partial charge in [0, 0.05) is 11.1 Å². The van der Waals surface area contributed by atoms with Gasteiger partial charge < -0.3 is 28.8 Å². The molecule has 0 saturated carbocycles. The van der Waals surface area contributed by atoms with Crippen LogP contribution in [0.1, 0.15) is 34.5 Å². The van der Waals surface area contributed by atoms with Crippen LogP contribution in [-0.4, -0.2) is 44.7 Å². The largest absolute Gasteiger partial charge is 0.507 e. The Labute approximate surface area is 201 Å². The number of phenolic OH excluding ortho intramolecular Hbond substituents is 1. The predicted molar refractivity (Wildman–Crippen MR) is 129 cm³/mol. The molecule has 0 unspecified atom stereocenters. The number of fused-ring (bicyclic) bond motifs is 2. The number of hydrogen-bond acceptors (Lipinski definition) is 6. The van der Waals surface area contributed by atoms with Crippen LogP contribution in [0.5, 0.6) is 5.75 Å². The summed E-state index contributed by atoms with van der Waals surface area (Å²) < 4.78 is 29.8. The lowest BCUT2D eigenvalue weighted by molar-refractivity contribution is -0.0645. The van der Waals surface area contributed by atoms with Crippen molar-refractivity contribution in [2.75, 3.05) is 39.6 Å². The Balaban J connectivity index is 1.46. The zero-order chi connectivity index (χ0) is 23.4. The lowest BCUT2D eigenvalue weighted by Gasteiger charge is -2.21. The van der Waals surface area contributed by atoms with E-state index in [0.717, 1.165) is 11.1 Å². The monoisotopic (exact) mass is 464 g/mol. The maximum absolute atomic E-state index is 10.8. The predicted octanol–water partition coefficient (Wildman–Crippen LogP) is 4.97. The second-order valence-corrected chi connectivity index (χ2v) is 8.11. The van der Waals surface area contributed by atoms with E-state index in [1.807, 2.05) is 78.9 Å². The Morgan fingerprint density at radius 3 is 1.47 bits per heavy atom. The molecule has 1 heterocycles. The minimum atomic E-state index is -0.226. The molecule has 0 aromatic heterocycles. The van der Waals surface area contributed by atoms with Gasteiger partial charge in [0.1, 0.15) is 18.0 Å². The summed E-state index contributed by atoms with van der Waals surface area (Å²) in [5.41, 5.74) is 3.51. The van der Waals surface area contributed by atoms with Gasteiger partial charge in [0.15, 0.2) is 0 Å². The van der Waals surface area contributed by atoms with Crippen LogP contribution in [-0.2, 0) is 36.9 Å². The van der Waals surface area contributed by atoms with Crippen molar-refractivity contribution >= 4 is 0 Å². The van der Waals surface area contributed by atoms with Crippen molar-refractivity contribution in [3.63, 3.8) is 0 Å². The van der Waals surface area contributed by atoms with E-state index in [9.17, 15) is 5.11 Å². The van der Waals surface area contributed by atoms with E-state index in [0.29, 0.717) is 50.8 Å². The highest BCUT2D eigenvalue weighted by Crippen LogP contribution is 2.26. The van der Waals surface area contributed by atoms with Crippen molar-refractivity contribution < 1.29 is 28.8 Å². The summed E-state index contributed by atoms with van der Waals surface area (Å²) in [5.74, 6) is 0.200. The first-order valence-electron chi connectivity index (χ1n) is 11.7. The first-order chi connectivity index (χ1) is 16.8. The lowest BCUT2D eigenvalue weighted by Crippen LogP contribution is -2.18. The molecule has 2 bridgehead atoms. The van der Waals surface area contributed by atoms with Crippen LogP contribution in [0.4, 0.5) is 0 Å². The van der Waals surface area contributed by atoms with Crippen molar-refractivity contribution in [2.45, 2.75) is 25.4 Å². The second-order valence-electron chi connectivity index (χ2n) is 8.11. The quantitative estimate of drug-likeness (QED) is 0.578. The van der Waals surface area contributed by atoms with E-state index < -0.39 is 0 Å². The lowest BCUT2D eigenvalue weighted by atomic mass is 10.1. The molecule has 0 spiro atoms. The molecule has 3 aromatic rings. The minimum absolute atomic E-state index is 0.200. The SMILES string of the molecule is Oc1c2cccc1COC[C@H](c1ccccc1)OCCOCCO[C@@H](c1ccccc1)COC2. The topological polar surface area (TPSA) is 66.4 Å². The molecule has 1 aliphatic rings. The van der Waals surface area contributed by atoms with E-state index in [4.69, 9.17) is 23.7 Å². The molecule has 2 atom stereocenters. The Morgan fingerprint density at radius 1 is 0.529 bits per heavy atom. The van der Waals surface area contributed by atoms with Crippen LogP contribution in [0.25, 0.3) is 0 Å². The number of rotatable bonds is 2. The Bertz CT molecular complexity index is 903. The maximum atomic E-state index is 10.8. The van der Waals surface area contributed by atoms with Crippen LogP contribution in [0.2, 0.25) is 0 Å². The summed E-state index contributed by atoms with van der Waals surface area (Å²) in [4.78, 5) is 0. The van der Waals surface area contributed by atoms with Crippen molar-refractivity contribution in [3.8, 4) is 5.75 Å². The van der Waals surface area contributed by atoms with E-state index in [1.165, 1.54) is 0 Å². The second kappa shape index (κ2) is 13.2. The first-order valence-corrected chi connectivity index (χ1v) is 11.7. The van der Waals surface area contributed by atoms with Gasteiger partial charge >= 0.3 is 0 Å². The van der Waals surface area contributed by atoms with E-state index in [2.05, 4.69) is 0 Å². The average Bonchev–Trinajstić information content (AvgIpc) is 2.88. The number of para-hydroxylation sites is 1. The van der Waals surface area contributed by atoms with Gasteiger partial charge in [-0.1, -0.05) is 78.9 Å². The fourth-order valence-electron chi connectivity index (χ4n) is 3.85. The third kappa shape index (κ3) is 7.13. The van der Waals surface area contributed by atoms with E-state index in [-0.39, 0.29) is 31.2 Å². The number of hydrogen-bond donors (Lipinski definition) is 1. The molecule has 180 valence electrons. The third-order valence-electron chi connectivity index (χ3n) is 5.69. The van der Waals surface area contributed by atoms with Crippen LogP contribution in [0.3, 0.4) is 0 Å². The summed E-state index contributed by atoms with van der Waals surface area (Å²) >= 11 is 0. The van der Waals surface area contributed by atoms with Gasteiger partial charge in [0.25, 0.3) is 0 Å². The molecule has 1 aliphatic heterocycles. The highest BCUT2D eigenvalue weighted by Gasteiger charge is 2.16.